The molecule has 4 rings (SSSR count). The van der Waals surface area contributed by atoms with Gasteiger partial charge in [0.15, 0.2) is 0 Å². The van der Waals surface area contributed by atoms with E-state index in [0.717, 1.165) is 12.1 Å². The first-order valence-electron chi connectivity index (χ1n) is 10.5. The monoisotopic (exact) mass is 469 g/mol. The van der Waals surface area contributed by atoms with Crippen LogP contribution in [0.5, 0.6) is 0 Å². The minimum atomic E-state index is -4.46. The highest BCUT2D eigenvalue weighted by atomic mass is 19.4. The number of fused-ring (bicyclic) bond motifs is 1. The summed E-state index contributed by atoms with van der Waals surface area (Å²) in [5.74, 6) is -0.176. The van der Waals surface area contributed by atoms with Gasteiger partial charge in [-0.15, -0.1) is 0 Å². The van der Waals surface area contributed by atoms with Crippen molar-refractivity contribution in [3.05, 3.63) is 82.0 Å². The zero-order chi connectivity index (χ0) is 24.6. The highest BCUT2D eigenvalue weighted by Crippen LogP contribution is 2.30. The number of para-hydroxylation sites is 1. The Kier molecular flexibility index (Phi) is 5.90. The first kappa shape index (κ1) is 23.1. The molecule has 2 heterocycles. The van der Waals surface area contributed by atoms with E-state index in [1.165, 1.54) is 16.5 Å². The lowest BCUT2D eigenvalue weighted by molar-refractivity contribution is -0.137. The summed E-state index contributed by atoms with van der Waals surface area (Å²) in [4.78, 5) is 30.7. The Morgan fingerprint density at radius 3 is 2.41 bits per heavy atom. The van der Waals surface area contributed by atoms with Crippen molar-refractivity contribution in [1.82, 2.24) is 14.0 Å². The molecule has 2 aromatic carbocycles. The van der Waals surface area contributed by atoms with Crippen LogP contribution in [0.3, 0.4) is 0 Å². The van der Waals surface area contributed by atoms with Crippen molar-refractivity contribution in [1.29, 1.82) is 0 Å². The van der Waals surface area contributed by atoms with E-state index in [-0.39, 0.29) is 17.8 Å². The minimum absolute atomic E-state index is 0.175. The van der Waals surface area contributed by atoms with Crippen molar-refractivity contribution in [3.8, 4) is 11.1 Å². The number of hydrogen-bond donors (Lipinski definition) is 2. The molecule has 0 aliphatic rings. The summed E-state index contributed by atoms with van der Waals surface area (Å²) in [6.45, 7) is 3.44. The molecule has 4 aromatic rings. The lowest BCUT2D eigenvalue weighted by Gasteiger charge is -2.12. The van der Waals surface area contributed by atoms with Gasteiger partial charge in [0.05, 0.1) is 16.8 Å². The van der Waals surface area contributed by atoms with Crippen molar-refractivity contribution < 1.29 is 18.0 Å². The summed E-state index contributed by atoms with van der Waals surface area (Å²) in [6.07, 6.45) is -2.39. The number of carbonyl (C=O) groups excluding carboxylic acids is 1. The second-order valence-electron chi connectivity index (χ2n) is 7.83. The summed E-state index contributed by atoms with van der Waals surface area (Å²) < 4.78 is 41.2. The van der Waals surface area contributed by atoms with Gasteiger partial charge in [0.2, 0.25) is 11.7 Å². The van der Waals surface area contributed by atoms with Gasteiger partial charge >= 0.3 is 6.18 Å². The molecule has 1 amide bonds. The number of aromatic nitrogens is 3. The van der Waals surface area contributed by atoms with Crippen molar-refractivity contribution >= 4 is 23.1 Å². The van der Waals surface area contributed by atoms with E-state index in [1.807, 2.05) is 6.92 Å². The van der Waals surface area contributed by atoms with E-state index in [9.17, 15) is 22.8 Å². The van der Waals surface area contributed by atoms with Gasteiger partial charge in [-0.3, -0.25) is 14.0 Å². The topological polar surface area (TPSA) is 94.4 Å². The van der Waals surface area contributed by atoms with Gasteiger partial charge in [0.1, 0.15) is 6.54 Å². The van der Waals surface area contributed by atoms with E-state index < -0.39 is 17.6 Å². The number of nitrogen functional groups attached to an aromatic ring is 1. The number of halogens is 3. The maximum absolute atomic E-state index is 13.4. The molecule has 0 aliphatic carbocycles. The number of benzene rings is 2. The minimum Gasteiger partial charge on any atom is -0.398 e. The summed E-state index contributed by atoms with van der Waals surface area (Å²) in [6, 6.07) is 11.2. The van der Waals surface area contributed by atoms with Crippen molar-refractivity contribution in [3.63, 3.8) is 0 Å². The molecule has 0 atom stereocenters. The number of carbonyl (C=O) groups is 1. The number of nitrogens with zero attached hydrogens (tertiary/aromatic N) is 3. The predicted molar refractivity (Wildman–Crippen MR) is 123 cm³/mol. The molecule has 34 heavy (non-hydrogen) atoms. The normalized spacial score (nSPS) is 11.7. The highest BCUT2D eigenvalue weighted by molar-refractivity contribution is 5.91. The summed E-state index contributed by atoms with van der Waals surface area (Å²) in [5, 5.41) is 2.58. The largest absolute Gasteiger partial charge is 0.416 e. The van der Waals surface area contributed by atoms with Gasteiger partial charge in [-0.25, -0.2) is 4.98 Å². The number of anilines is 2. The number of alkyl halides is 3. The summed E-state index contributed by atoms with van der Waals surface area (Å²) in [5.41, 5.74) is 7.85. The summed E-state index contributed by atoms with van der Waals surface area (Å²) in [7, 11) is 0. The van der Waals surface area contributed by atoms with Crippen LogP contribution in [0, 0.1) is 6.92 Å². The van der Waals surface area contributed by atoms with Gasteiger partial charge in [-0.1, -0.05) is 25.1 Å². The predicted octanol–water partition coefficient (Wildman–Crippen LogP) is 4.27. The Morgan fingerprint density at radius 1 is 1.12 bits per heavy atom. The van der Waals surface area contributed by atoms with E-state index >= 15 is 0 Å². The average Bonchev–Trinajstić information content (AvgIpc) is 3.09. The SMILES string of the molecule is CCc1nc2n(CC(=O)Nc3ccc(C(F)(F)F)cc3)c(C)cn2c(=O)c1-c1ccccc1N. The Hall–Kier alpha value is -4.08. The van der Waals surface area contributed by atoms with Gasteiger partial charge in [0.25, 0.3) is 5.56 Å². The number of nitrogens with two attached hydrogens (primary N) is 1. The molecule has 0 bridgehead atoms. The molecule has 2 aromatic heterocycles. The second kappa shape index (κ2) is 8.69. The molecule has 0 saturated heterocycles. The third kappa shape index (κ3) is 4.26. The Bertz CT molecular complexity index is 1440. The highest BCUT2D eigenvalue weighted by Gasteiger charge is 2.30. The smallest absolute Gasteiger partial charge is 0.398 e. The third-order valence-electron chi connectivity index (χ3n) is 5.52. The van der Waals surface area contributed by atoms with Gasteiger partial charge < -0.3 is 15.6 Å². The van der Waals surface area contributed by atoms with Crippen LogP contribution in [0.25, 0.3) is 16.9 Å². The molecular formula is C24H22F3N5O2. The Balaban J connectivity index is 1.68. The maximum Gasteiger partial charge on any atom is 0.416 e. The first-order chi connectivity index (χ1) is 16.1. The van der Waals surface area contributed by atoms with Crippen LogP contribution < -0.4 is 16.6 Å². The van der Waals surface area contributed by atoms with Crippen LogP contribution in [0.15, 0.2) is 59.5 Å². The first-order valence-corrected chi connectivity index (χ1v) is 10.5. The van der Waals surface area contributed by atoms with Crippen LogP contribution in [-0.2, 0) is 23.9 Å². The standard InChI is InChI=1S/C24H22F3N5O2/c1-3-19-21(17-6-4-5-7-18(17)28)22(34)32-12-14(2)31(23(32)30-19)13-20(33)29-16-10-8-15(9-11-16)24(25,26)27/h4-12H,3,13,28H2,1-2H3,(H,29,33). The molecule has 7 nitrogen and oxygen atoms in total. The van der Waals surface area contributed by atoms with Gasteiger partial charge in [-0.05, 0) is 43.7 Å². The van der Waals surface area contributed by atoms with Crippen LogP contribution in [0.4, 0.5) is 24.5 Å². The number of imidazole rings is 1. The molecule has 0 unspecified atom stereocenters. The van der Waals surface area contributed by atoms with E-state index in [1.54, 1.807) is 42.0 Å². The Labute approximate surface area is 192 Å². The lowest BCUT2D eigenvalue weighted by atomic mass is 10.0. The van der Waals surface area contributed by atoms with Gasteiger partial charge in [0, 0.05) is 28.8 Å². The van der Waals surface area contributed by atoms with E-state index in [0.29, 0.717) is 40.4 Å². The number of hydrogen-bond acceptors (Lipinski definition) is 4. The number of nitrogens with one attached hydrogen (secondary N) is 1. The van der Waals surface area contributed by atoms with Gasteiger partial charge in [-0.2, -0.15) is 13.2 Å². The molecule has 176 valence electrons. The lowest BCUT2D eigenvalue weighted by Crippen LogP contribution is -2.23. The van der Waals surface area contributed by atoms with Crippen molar-refractivity contribution in [2.24, 2.45) is 0 Å². The van der Waals surface area contributed by atoms with Crippen molar-refractivity contribution in [2.45, 2.75) is 33.0 Å². The van der Waals surface area contributed by atoms with E-state index in [4.69, 9.17) is 5.73 Å². The fourth-order valence-electron chi connectivity index (χ4n) is 3.82. The molecule has 0 aliphatic heterocycles. The number of amides is 1. The van der Waals surface area contributed by atoms with Crippen LogP contribution >= 0.6 is 0 Å². The molecule has 10 heteroatoms. The molecule has 0 radical (unpaired) electrons. The molecule has 0 spiro atoms. The number of aryl methyl sites for hydroxylation is 2. The Morgan fingerprint density at radius 2 is 1.79 bits per heavy atom. The van der Waals surface area contributed by atoms with E-state index in [2.05, 4.69) is 10.3 Å². The summed E-state index contributed by atoms with van der Waals surface area (Å²) >= 11 is 0. The quantitative estimate of drug-likeness (QED) is 0.427. The zero-order valence-electron chi connectivity index (χ0n) is 18.5. The van der Waals surface area contributed by atoms with Crippen molar-refractivity contribution in [2.75, 3.05) is 11.1 Å². The maximum atomic E-state index is 13.4. The van der Waals surface area contributed by atoms with Crippen LogP contribution in [0.2, 0.25) is 0 Å². The second-order valence-corrected chi connectivity index (χ2v) is 7.83. The van der Waals surface area contributed by atoms with Crippen LogP contribution in [0.1, 0.15) is 23.9 Å². The molecule has 0 saturated carbocycles. The molecular weight excluding hydrogens is 447 g/mol. The number of rotatable bonds is 5. The molecule has 0 fully saturated rings. The third-order valence-corrected chi connectivity index (χ3v) is 5.52. The fraction of sp³-hybridized carbons (Fsp3) is 0.208. The zero-order valence-corrected chi connectivity index (χ0v) is 18.5. The fourth-order valence-corrected chi connectivity index (χ4v) is 3.82. The molecule has 3 N–H and O–H groups in total. The average molecular weight is 469 g/mol. The van der Waals surface area contributed by atoms with Crippen LogP contribution in [-0.4, -0.2) is 19.9 Å².